The van der Waals surface area contributed by atoms with E-state index < -0.39 is 0 Å². The van der Waals surface area contributed by atoms with E-state index in [0.717, 1.165) is 24.2 Å². The summed E-state index contributed by atoms with van der Waals surface area (Å²) >= 11 is 0. The number of hydrogen-bond donors (Lipinski definition) is 1. The Hall–Kier alpha value is -4.18. The van der Waals surface area contributed by atoms with E-state index in [1.54, 1.807) is 0 Å². The van der Waals surface area contributed by atoms with Gasteiger partial charge in [0.05, 0.1) is 16.7 Å². The van der Waals surface area contributed by atoms with Crippen molar-refractivity contribution in [1.82, 2.24) is 19.5 Å². The van der Waals surface area contributed by atoms with Gasteiger partial charge in [-0.15, -0.1) is 0 Å². The van der Waals surface area contributed by atoms with Gasteiger partial charge in [-0.3, -0.25) is 4.98 Å². The van der Waals surface area contributed by atoms with Gasteiger partial charge in [-0.2, -0.15) is 0 Å². The summed E-state index contributed by atoms with van der Waals surface area (Å²) in [6, 6.07) is 31.0. The Morgan fingerprint density at radius 1 is 0.718 bits per heavy atom. The van der Waals surface area contributed by atoms with Crippen LogP contribution in [0.5, 0.6) is 0 Å². The molecule has 0 bridgehead atoms. The van der Waals surface area contributed by atoms with Crippen molar-refractivity contribution in [2.45, 2.75) is 57.8 Å². The van der Waals surface area contributed by atoms with Gasteiger partial charge in [-0.1, -0.05) is 88.1 Å². The number of nitrogens with one attached hydrogen (secondary N) is 1. The summed E-state index contributed by atoms with van der Waals surface area (Å²) < 4.78 is 2.42. The maximum atomic E-state index is 4.95. The van der Waals surface area contributed by atoms with E-state index in [2.05, 4.69) is 107 Å². The van der Waals surface area contributed by atoms with Crippen LogP contribution in [0.25, 0.3) is 38.9 Å². The lowest BCUT2D eigenvalue weighted by atomic mass is 9.70. The number of hydrogen-bond acceptors (Lipinski definition) is 2. The number of unbranched alkanes of at least 4 members (excludes halogenated alkanes) is 2. The average Bonchev–Trinajstić information content (AvgIpc) is 3.65. The van der Waals surface area contributed by atoms with E-state index in [1.807, 2.05) is 24.7 Å². The molecule has 0 saturated carbocycles. The van der Waals surface area contributed by atoms with Crippen LogP contribution in [0.4, 0.5) is 0 Å². The van der Waals surface area contributed by atoms with Crippen LogP contribution in [0, 0.1) is 0 Å². The zero-order valence-corrected chi connectivity index (χ0v) is 22.9. The van der Waals surface area contributed by atoms with Crippen molar-refractivity contribution in [1.29, 1.82) is 0 Å². The molecule has 3 aromatic carbocycles. The fourth-order valence-electron chi connectivity index (χ4n) is 6.18. The Kier molecular flexibility index (Phi) is 7.02. The van der Waals surface area contributed by atoms with Gasteiger partial charge in [0.1, 0.15) is 5.82 Å². The number of para-hydroxylation sites is 1. The van der Waals surface area contributed by atoms with Gasteiger partial charge >= 0.3 is 0 Å². The van der Waals surface area contributed by atoms with E-state index in [9.17, 15) is 0 Å². The lowest BCUT2D eigenvalue weighted by molar-refractivity contribution is 0.396. The molecule has 0 unspecified atom stereocenters. The molecule has 0 aliphatic rings. The minimum atomic E-state index is -0.110. The monoisotopic (exact) mass is 512 g/mol. The van der Waals surface area contributed by atoms with Crippen LogP contribution in [-0.2, 0) is 5.41 Å². The molecule has 3 heterocycles. The first-order valence-corrected chi connectivity index (χ1v) is 14.3. The van der Waals surface area contributed by atoms with Crippen molar-refractivity contribution in [2.24, 2.45) is 0 Å². The van der Waals surface area contributed by atoms with Crippen molar-refractivity contribution in [3.05, 3.63) is 115 Å². The number of aromatic nitrogens is 4. The number of rotatable bonds is 10. The van der Waals surface area contributed by atoms with Crippen LogP contribution >= 0.6 is 0 Å². The third-order valence-electron chi connectivity index (χ3n) is 8.17. The molecular weight excluding hydrogens is 476 g/mol. The molecule has 39 heavy (non-hydrogen) atoms. The minimum Gasteiger partial charge on any atom is -0.345 e. The fraction of sp³-hybridized carbons (Fsp3) is 0.257. The zero-order chi connectivity index (χ0) is 26.7. The Balaban J connectivity index is 1.58. The van der Waals surface area contributed by atoms with E-state index in [-0.39, 0.29) is 5.41 Å². The van der Waals surface area contributed by atoms with Crippen LogP contribution < -0.4 is 0 Å². The Labute approximate surface area is 230 Å². The maximum absolute atomic E-state index is 4.95. The third-order valence-corrected chi connectivity index (χ3v) is 8.17. The second kappa shape index (κ2) is 10.9. The minimum absolute atomic E-state index is 0.110. The predicted molar refractivity (Wildman–Crippen MR) is 162 cm³/mol. The summed E-state index contributed by atoms with van der Waals surface area (Å²) in [5.41, 5.74) is 7.10. The summed E-state index contributed by atoms with van der Waals surface area (Å²) in [4.78, 5) is 12.7. The molecule has 4 nitrogen and oxygen atoms in total. The second-order valence-corrected chi connectivity index (χ2v) is 10.6. The van der Waals surface area contributed by atoms with Gasteiger partial charge in [0, 0.05) is 46.0 Å². The van der Waals surface area contributed by atoms with Crippen LogP contribution in [-0.4, -0.2) is 19.5 Å². The molecule has 0 amide bonds. The van der Waals surface area contributed by atoms with Crippen LogP contribution in [0.2, 0.25) is 0 Å². The number of pyridine rings is 1. The number of benzene rings is 3. The zero-order valence-electron chi connectivity index (χ0n) is 22.9. The third kappa shape index (κ3) is 4.54. The first kappa shape index (κ1) is 25.1. The Bertz CT molecular complexity index is 1670. The van der Waals surface area contributed by atoms with Gasteiger partial charge in [0.15, 0.2) is 0 Å². The predicted octanol–water partition coefficient (Wildman–Crippen LogP) is 9.24. The molecule has 0 saturated heterocycles. The first-order chi connectivity index (χ1) is 19.2. The van der Waals surface area contributed by atoms with E-state index in [4.69, 9.17) is 4.98 Å². The van der Waals surface area contributed by atoms with E-state index in [1.165, 1.54) is 64.4 Å². The van der Waals surface area contributed by atoms with Gasteiger partial charge in [-0.25, -0.2) is 4.98 Å². The van der Waals surface area contributed by atoms with Crippen LogP contribution in [0.1, 0.15) is 63.6 Å². The highest BCUT2D eigenvalue weighted by atomic mass is 15.0. The van der Waals surface area contributed by atoms with Crippen LogP contribution in [0.3, 0.4) is 0 Å². The summed E-state index contributed by atoms with van der Waals surface area (Å²) in [6.45, 7) is 4.57. The molecule has 6 rings (SSSR count). The summed E-state index contributed by atoms with van der Waals surface area (Å²) in [7, 11) is 0. The van der Waals surface area contributed by atoms with Crippen molar-refractivity contribution in [2.75, 3.05) is 0 Å². The standard InChI is InChI=1S/C35H36N4/c1-3-5-19-35(20-6-4-2,33-16-9-10-21-36-33)27-12-11-13-28(25-27)39-31-15-8-7-14-29(31)30-18-17-26(24-32(30)39)34-37-22-23-38-34/h7-18,21-25H,3-6,19-20H2,1-2H3,(H,37,38). The van der Waals surface area contributed by atoms with Gasteiger partial charge < -0.3 is 9.55 Å². The Morgan fingerprint density at radius 2 is 1.51 bits per heavy atom. The van der Waals surface area contributed by atoms with E-state index >= 15 is 0 Å². The molecule has 0 aliphatic carbocycles. The highest BCUT2D eigenvalue weighted by molar-refractivity contribution is 6.10. The SMILES string of the molecule is CCCCC(CCCC)(c1cccc(-n2c3ccccc3c3ccc(-c4ncc[nH]4)cc32)c1)c1ccccn1. The summed E-state index contributed by atoms with van der Waals surface area (Å²) in [5, 5.41) is 2.51. The van der Waals surface area contributed by atoms with Crippen LogP contribution in [0.15, 0.2) is 104 Å². The number of H-pyrrole nitrogens is 1. The molecule has 0 aliphatic heterocycles. The van der Waals surface area contributed by atoms with Gasteiger partial charge in [0.25, 0.3) is 0 Å². The molecule has 0 spiro atoms. The number of nitrogens with zero attached hydrogens (tertiary/aromatic N) is 3. The lowest BCUT2D eigenvalue weighted by Crippen LogP contribution is -2.29. The first-order valence-electron chi connectivity index (χ1n) is 14.3. The number of fused-ring (bicyclic) bond motifs is 3. The van der Waals surface area contributed by atoms with Crippen molar-refractivity contribution >= 4 is 21.8 Å². The van der Waals surface area contributed by atoms with E-state index in [0.29, 0.717) is 0 Å². The van der Waals surface area contributed by atoms with Crippen molar-refractivity contribution < 1.29 is 0 Å². The van der Waals surface area contributed by atoms with Crippen molar-refractivity contribution in [3.63, 3.8) is 0 Å². The molecular formula is C35H36N4. The highest BCUT2D eigenvalue weighted by Gasteiger charge is 2.34. The average molecular weight is 513 g/mol. The smallest absolute Gasteiger partial charge is 0.137 e. The molecule has 6 aromatic rings. The largest absolute Gasteiger partial charge is 0.345 e. The Morgan fingerprint density at radius 3 is 2.26 bits per heavy atom. The quantitative estimate of drug-likeness (QED) is 0.199. The molecule has 0 fully saturated rings. The topological polar surface area (TPSA) is 46.5 Å². The lowest BCUT2D eigenvalue weighted by Gasteiger charge is -2.35. The number of aromatic amines is 1. The highest BCUT2D eigenvalue weighted by Crippen LogP contribution is 2.42. The molecule has 196 valence electrons. The molecule has 3 aromatic heterocycles. The maximum Gasteiger partial charge on any atom is 0.137 e. The second-order valence-electron chi connectivity index (χ2n) is 10.6. The number of imidazole rings is 1. The molecule has 0 atom stereocenters. The summed E-state index contributed by atoms with van der Waals surface area (Å²) in [5.74, 6) is 0.885. The summed E-state index contributed by atoms with van der Waals surface area (Å²) in [6.07, 6.45) is 12.5. The molecule has 4 heteroatoms. The fourth-order valence-corrected chi connectivity index (χ4v) is 6.18. The van der Waals surface area contributed by atoms with Gasteiger partial charge in [0.2, 0.25) is 0 Å². The van der Waals surface area contributed by atoms with Gasteiger partial charge in [-0.05, 0) is 54.8 Å². The van der Waals surface area contributed by atoms with Crippen molar-refractivity contribution in [3.8, 4) is 17.1 Å². The molecule has 1 N–H and O–H groups in total. The molecule has 0 radical (unpaired) electrons. The normalized spacial score (nSPS) is 11.9.